The van der Waals surface area contributed by atoms with Crippen LogP contribution in [-0.4, -0.2) is 24.4 Å². The Morgan fingerprint density at radius 1 is 1.00 bits per heavy atom. The molecule has 4 rings (SSSR count). The number of nitrogens with zero attached hydrogens (tertiary/aromatic N) is 2. The first-order valence-electron chi connectivity index (χ1n) is 9.72. The van der Waals surface area contributed by atoms with Crippen LogP contribution in [0.4, 0.5) is 0 Å². The van der Waals surface area contributed by atoms with Crippen LogP contribution in [0.1, 0.15) is 29.2 Å². The molecule has 0 atom stereocenters. The van der Waals surface area contributed by atoms with Gasteiger partial charge >= 0.3 is 0 Å². The van der Waals surface area contributed by atoms with Gasteiger partial charge in [-0.25, -0.2) is 8.42 Å². The molecular formula is C23H20Cl2N2O3S. The Labute approximate surface area is 190 Å². The van der Waals surface area contributed by atoms with Crippen LogP contribution in [0, 0.1) is 0 Å². The summed E-state index contributed by atoms with van der Waals surface area (Å²) in [4.78, 5) is 17.0. The van der Waals surface area contributed by atoms with Gasteiger partial charge in [-0.3, -0.25) is 9.79 Å². The molecular weight excluding hydrogens is 455 g/mol. The van der Waals surface area contributed by atoms with Crippen molar-refractivity contribution in [2.45, 2.75) is 19.2 Å². The first-order chi connectivity index (χ1) is 14.7. The minimum atomic E-state index is -3.20. The van der Waals surface area contributed by atoms with E-state index >= 15 is 0 Å². The molecule has 0 aliphatic carbocycles. The zero-order chi connectivity index (χ0) is 22.3. The molecule has 0 unspecified atom stereocenters. The first-order valence-corrected chi connectivity index (χ1v) is 12.3. The van der Waals surface area contributed by atoms with E-state index < -0.39 is 9.84 Å². The molecule has 2 heterocycles. The summed E-state index contributed by atoms with van der Waals surface area (Å²) >= 11 is 12.6. The van der Waals surface area contributed by atoms with Gasteiger partial charge in [0.15, 0.2) is 9.84 Å². The second-order valence-electron chi connectivity index (χ2n) is 7.51. The van der Waals surface area contributed by atoms with Gasteiger partial charge in [0.05, 0.1) is 23.0 Å². The molecule has 1 aromatic heterocycles. The van der Waals surface area contributed by atoms with Gasteiger partial charge in [-0.15, -0.1) is 0 Å². The first kappa shape index (κ1) is 21.8. The second-order valence-corrected chi connectivity index (χ2v) is 10.7. The standard InChI is InChI=1S/C23H20Cl2N2O3S/c1-3-31(29,30)13-14-4-6-17-19(8-14)20-12-27(2)22(28)9-15(20)11-26-23(17)18-7-5-16(24)10-21(18)25/h4-10,12H,3,11,13H2,1-2H3. The number of halogens is 2. The smallest absolute Gasteiger partial charge is 0.250 e. The summed E-state index contributed by atoms with van der Waals surface area (Å²) < 4.78 is 25.9. The van der Waals surface area contributed by atoms with Crippen LogP contribution in [0.25, 0.3) is 11.1 Å². The van der Waals surface area contributed by atoms with Crippen LogP contribution in [0.3, 0.4) is 0 Å². The van der Waals surface area contributed by atoms with E-state index in [-0.39, 0.29) is 17.1 Å². The molecule has 0 saturated carbocycles. The van der Waals surface area contributed by atoms with Gasteiger partial charge in [0.2, 0.25) is 0 Å². The van der Waals surface area contributed by atoms with Gasteiger partial charge in [0, 0.05) is 46.8 Å². The summed E-state index contributed by atoms with van der Waals surface area (Å²) in [5.74, 6) is 0.0221. The maximum absolute atomic E-state index is 12.3. The quantitative estimate of drug-likeness (QED) is 0.552. The van der Waals surface area contributed by atoms with E-state index in [4.69, 9.17) is 28.2 Å². The van der Waals surface area contributed by atoms with E-state index in [9.17, 15) is 13.2 Å². The normalized spacial score (nSPS) is 13.2. The van der Waals surface area contributed by atoms with Crippen LogP contribution in [0.15, 0.2) is 58.4 Å². The highest BCUT2D eigenvalue weighted by Gasteiger charge is 2.22. The molecule has 0 saturated heterocycles. The van der Waals surface area contributed by atoms with E-state index in [1.54, 1.807) is 44.4 Å². The fourth-order valence-corrected chi connectivity index (χ4v) is 5.06. The molecule has 31 heavy (non-hydrogen) atoms. The summed E-state index contributed by atoms with van der Waals surface area (Å²) in [6, 6.07) is 12.4. The van der Waals surface area contributed by atoms with Crippen molar-refractivity contribution in [3.05, 3.63) is 91.3 Å². The lowest BCUT2D eigenvalue weighted by Gasteiger charge is -2.15. The van der Waals surface area contributed by atoms with Crippen LogP contribution in [0.5, 0.6) is 0 Å². The zero-order valence-corrected chi connectivity index (χ0v) is 19.4. The Bertz CT molecular complexity index is 1390. The Hall–Kier alpha value is -2.41. The number of fused-ring (bicyclic) bond motifs is 3. The van der Waals surface area contributed by atoms with Gasteiger partial charge in [-0.1, -0.05) is 42.3 Å². The zero-order valence-electron chi connectivity index (χ0n) is 17.0. The maximum atomic E-state index is 12.3. The third-order valence-electron chi connectivity index (χ3n) is 5.36. The number of benzene rings is 2. The Kier molecular flexibility index (Phi) is 5.81. The average molecular weight is 475 g/mol. The molecule has 0 amide bonds. The summed E-state index contributed by atoms with van der Waals surface area (Å²) in [5.41, 5.74) is 5.21. The monoisotopic (exact) mass is 474 g/mol. The highest BCUT2D eigenvalue weighted by atomic mass is 35.5. The van der Waals surface area contributed by atoms with Crippen LogP contribution in [0.2, 0.25) is 10.0 Å². The number of aryl methyl sites for hydroxylation is 1. The van der Waals surface area contributed by atoms with E-state index in [1.807, 2.05) is 18.2 Å². The third-order valence-corrected chi connectivity index (χ3v) is 7.56. The number of hydrogen-bond donors (Lipinski definition) is 0. The average Bonchev–Trinajstić information content (AvgIpc) is 2.85. The summed E-state index contributed by atoms with van der Waals surface area (Å²) in [6.45, 7) is 1.94. The molecule has 3 aromatic rings. The fraction of sp³-hybridized carbons (Fsp3) is 0.217. The van der Waals surface area contributed by atoms with Gasteiger partial charge in [-0.05, 0) is 41.0 Å². The van der Waals surface area contributed by atoms with E-state index in [2.05, 4.69) is 0 Å². The van der Waals surface area contributed by atoms with Crippen LogP contribution >= 0.6 is 23.2 Å². The molecule has 0 bridgehead atoms. The molecule has 1 aliphatic heterocycles. The van der Waals surface area contributed by atoms with Crippen LogP contribution < -0.4 is 5.56 Å². The van der Waals surface area contributed by atoms with Gasteiger partial charge in [-0.2, -0.15) is 0 Å². The maximum Gasteiger partial charge on any atom is 0.250 e. The Morgan fingerprint density at radius 3 is 2.45 bits per heavy atom. The van der Waals surface area contributed by atoms with Gasteiger partial charge in [0.1, 0.15) is 0 Å². The van der Waals surface area contributed by atoms with E-state index in [1.165, 1.54) is 4.57 Å². The molecule has 1 aliphatic rings. The second kappa shape index (κ2) is 8.26. The van der Waals surface area contributed by atoms with Crippen molar-refractivity contribution in [1.82, 2.24) is 4.57 Å². The lowest BCUT2D eigenvalue weighted by atomic mass is 9.92. The summed E-state index contributed by atoms with van der Waals surface area (Å²) in [6.07, 6.45) is 1.77. The molecule has 0 spiro atoms. The van der Waals surface area contributed by atoms with Gasteiger partial charge < -0.3 is 4.57 Å². The topological polar surface area (TPSA) is 68.5 Å². The largest absolute Gasteiger partial charge is 0.318 e. The number of sulfone groups is 1. The lowest BCUT2D eigenvalue weighted by molar-refractivity contribution is 0.596. The highest BCUT2D eigenvalue weighted by molar-refractivity contribution is 7.90. The van der Waals surface area contributed by atoms with Crippen molar-refractivity contribution in [1.29, 1.82) is 0 Å². The Balaban J connectivity index is 1.98. The number of rotatable bonds is 4. The molecule has 2 aromatic carbocycles. The van der Waals surface area contributed by atoms with Crippen molar-refractivity contribution in [3.63, 3.8) is 0 Å². The number of aliphatic imine (C=N–C) groups is 1. The predicted octanol–water partition coefficient (Wildman–Crippen LogP) is 4.64. The lowest BCUT2D eigenvalue weighted by Crippen LogP contribution is -2.16. The fourth-order valence-electron chi connectivity index (χ4n) is 3.67. The minimum Gasteiger partial charge on any atom is -0.318 e. The van der Waals surface area contributed by atoms with Crippen molar-refractivity contribution in [3.8, 4) is 11.1 Å². The van der Waals surface area contributed by atoms with Crippen molar-refractivity contribution < 1.29 is 8.42 Å². The predicted molar refractivity (Wildman–Crippen MR) is 126 cm³/mol. The van der Waals surface area contributed by atoms with Crippen molar-refractivity contribution in [2.24, 2.45) is 12.0 Å². The van der Waals surface area contributed by atoms with Crippen molar-refractivity contribution in [2.75, 3.05) is 5.75 Å². The van der Waals surface area contributed by atoms with E-state index in [0.717, 1.165) is 27.8 Å². The number of aromatic nitrogens is 1. The van der Waals surface area contributed by atoms with Crippen molar-refractivity contribution >= 4 is 38.8 Å². The minimum absolute atomic E-state index is 0.0495. The van der Waals surface area contributed by atoms with Crippen LogP contribution in [-0.2, 0) is 29.2 Å². The number of pyridine rings is 1. The molecule has 5 nitrogen and oxygen atoms in total. The summed E-state index contributed by atoms with van der Waals surface area (Å²) in [7, 11) is -1.51. The SMILES string of the molecule is CCS(=O)(=O)Cc1ccc2c(c1)-c1cn(C)c(=O)cc1CN=C2c1ccc(Cl)cc1Cl. The highest BCUT2D eigenvalue weighted by Crippen LogP contribution is 2.35. The molecule has 0 fully saturated rings. The Morgan fingerprint density at radius 2 is 1.74 bits per heavy atom. The number of hydrogen-bond acceptors (Lipinski definition) is 4. The van der Waals surface area contributed by atoms with E-state index in [0.29, 0.717) is 27.9 Å². The molecule has 0 radical (unpaired) electrons. The molecule has 8 heteroatoms. The molecule has 0 N–H and O–H groups in total. The van der Waals surface area contributed by atoms with Gasteiger partial charge in [0.25, 0.3) is 5.56 Å². The third kappa shape index (κ3) is 4.33. The summed E-state index contributed by atoms with van der Waals surface area (Å²) in [5, 5.41) is 0.991. The molecule has 160 valence electrons.